The van der Waals surface area contributed by atoms with Gasteiger partial charge < -0.3 is 9.90 Å². The molecule has 0 unspecified atom stereocenters. The van der Waals surface area contributed by atoms with E-state index in [0.29, 0.717) is 11.1 Å². The maximum Gasteiger partial charge on any atom is 1.00 e. The number of carboxylic acid groups (broad SMARTS) is 1. The standard InChI is InChI=1S/C8H5NO2.C7H6O2.K/c10-7-5-3-1-2-4-6(5)8(11)9-7;8-7(9)6-4-2-1-3-5-6;/h1-4H,(H,9,10,11);1-5H,(H,8,9);/q;;+1/p-1. The van der Waals surface area contributed by atoms with Crippen molar-refractivity contribution in [2.45, 2.75) is 0 Å². The quantitative estimate of drug-likeness (QED) is 0.471. The van der Waals surface area contributed by atoms with Crippen molar-refractivity contribution < 1.29 is 70.9 Å². The summed E-state index contributed by atoms with van der Waals surface area (Å²) >= 11 is 0. The molecule has 21 heavy (non-hydrogen) atoms. The Morgan fingerprint density at radius 1 is 0.810 bits per heavy atom. The van der Waals surface area contributed by atoms with E-state index in [1.54, 1.807) is 42.5 Å². The number of amides is 2. The van der Waals surface area contributed by atoms with Gasteiger partial charge in [0.2, 0.25) is 0 Å². The molecule has 0 bridgehead atoms. The fraction of sp³-hybridized carbons (Fsp3) is 0. The van der Waals surface area contributed by atoms with E-state index < -0.39 is 5.97 Å². The summed E-state index contributed by atoms with van der Waals surface area (Å²) in [5.41, 5.74) is 1.16. The average molecular weight is 307 g/mol. The van der Waals surface area contributed by atoms with E-state index in [0.717, 1.165) is 0 Å². The van der Waals surface area contributed by atoms with Gasteiger partial charge in [0.25, 0.3) is 11.8 Å². The summed E-state index contributed by atoms with van der Waals surface area (Å²) in [4.78, 5) is 32.0. The SMILES string of the molecule is O=C([O-])c1ccccc1.O=C1NC(=O)c2ccccc21.[K+]. The maximum atomic E-state index is 10.9. The Labute approximate surface area is 163 Å². The average Bonchev–Trinajstić information content (AvgIpc) is 2.76. The van der Waals surface area contributed by atoms with Gasteiger partial charge in [-0.2, -0.15) is 0 Å². The van der Waals surface area contributed by atoms with Gasteiger partial charge in [0.05, 0.1) is 17.1 Å². The minimum Gasteiger partial charge on any atom is -0.545 e. The largest absolute Gasteiger partial charge is 1.00 e. The molecular formula is C15H10KNO4. The molecule has 1 heterocycles. The number of benzene rings is 2. The normalized spacial score (nSPS) is 11.4. The van der Waals surface area contributed by atoms with Crippen LogP contribution in [-0.2, 0) is 0 Å². The second-order valence-corrected chi connectivity index (χ2v) is 3.98. The first-order chi connectivity index (χ1) is 9.59. The summed E-state index contributed by atoms with van der Waals surface area (Å²) in [6, 6.07) is 14.8. The third-order valence-electron chi connectivity index (χ3n) is 2.65. The van der Waals surface area contributed by atoms with E-state index in [2.05, 4.69) is 5.32 Å². The summed E-state index contributed by atoms with van der Waals surface area (Å²) in [6.45, 7) is 0. The van der Waals surface area contributed by atoms with Crippen molar-refractivity contribution in [2.24, 2.45) is 0 Å². The van der Waals surface area contributed by atoms with Crippen molar-refractivity contribution in [1.82, 2.24) is 5.32 Å². The van der Waals surface area contributed by atoms with Crippen molar-refractivity contribution in [1.29, 1.82) is 0 Å². The molecule has 0 aromatic heterocycles. The van der Waals surface area contributed by atoms with Crippen molar-refractivity contribution in [2.75, 3.05) is 0 Å². The van der Waals surface area contributed by atoms with Crippen LogP contribution in [-0.4, -0.2) is 17.8 Å². The third kappa shape index (κ3) is 4.59. The van der Waals surface area contributed by atoms with Gasteiger partial charge in [0, 0.05) is 0 Å². The Kier molecular flexibility index (Phi) is 6.93. The van der Waals surface area contributed by atoms with E-state index in [9.17, 15) is 19.5 Å². The predicted octanol–water partition coefficient (Wildman–Crippen LogP) is -2.38. The number of carbonyl (C=O) groups excluding carboxylic acids is 3. The zero-order chi connectivity index (χ0) is 14.5. The van der Waals surface area contributed by atoms with E-state index in [4.69, 9.17) is 0 Å². The summed E-state index contributed by atoms with van der Waals surface area (Å²) in [7, 11) is 0. The Morgan fingerprint density at radius 3 is 1.62 bits per heavy atom. The maximum absolute atomic E-state index is 10.9. The fourth-order valence-corrected chi connectivity index (χ4v) is 1.69. The molecule has 0 aliphatic carbocycles. The summed E-state index contributed by atoms with van der Waals surface area (Å²) < 4.78 is 0. The van der Waals surface area contributed by atoms with Crippen molar-refractivity contribution in [3.8, 4) is 0 Å². The molecule has 1 N–H and O–H groups in total. The zero-order valence-electron chi connectivity index (χ0n) is 11.3. The number of carbonyl (C=O) groups is 3. The molecule has 0 saturated carbocycles. The molecule has 5 nitrogen and oxygen atoms in total. The minimum atomic E-state index is -1.13. The van der Waals surface area contributed by atoms with Gasteiger partial charge in [-0.15, -0.1) is 0 Å². The van der Waals surface area contributed by atoms with Crippen molar-refractivity contribution in [3.63, 3.8) is 0 Å². The topological polar surface area (TPSA) is 86.3 Å². The third-order valence-corrected chi connectivity index (χ3v) is 2.65. The first kappa shape index (κ1) is 17.7. The van der Waals surface area contributed by atoms with Crippen LogP contribution in [0.1, 0.15) is 31.1 Å². The van der Waals surface area contributed by atoms with Crippen LogP contribution in [0.2, 0.25) is 0 Å². The molecule has 1 aliphatic rings. The van der Waals surface area contributed by atoms with Gasteiger partial charge in [0.15, 0.2) is 0 Å². The first-order valence-electron chi connectivity index (χ1n) is 5.80. The first-order valence-corrected chi connectivity index (χ1v) is 5.80. The van der Waals surface area contributed by atoms with Gasteiger partial charge >= 0.3 is 51.4 Å². The molecule has 0 fully saturated rings. The van der Waals surface area contributed by atoms with Crippen molar-refractivity contribution in [3.05, 3.63) is 71.3 Å². The van der Waals surface area contributed by atoms with E-state index in [1.807, 2.05) is 0 Å². The number of aromatic carboxylic acids is 1. The Morgan fingerprint density at radius 2 is 1.24 bits per heavy atom. The number of rotatable bonds is 1. The smallest absolute Gasteiger partial charge is 0.545 e. The number of hydrogen-bond acceptors (Lipinski definition) is 4. The molecule has 0 saturated heterocycles. The van der Waals surface area contributed by atoms with Crippen LogP contribution in [0.4, 0.5) is 0 Å². The summed E-state index contributed by atoms with van der Waals surface area (Å²) in [6.07, 6.45) is 0. The molecule has 6 heteroatoms. The molecule has 1 aliphatic heterocycles. The van der Waals surface area contributed by atoms with Crippen LogP contribution >= 0.6 is 0 Å². The fourth-order valence-electron chi connectivity index (χ4n) is 1.69. The summed E-state index contributed by atoms with van der Waals surface area (Å²) in [5.74, 6) is -1.73. The van der Waals surface area contributed by atoms with Gasteiger partial charge in [0.1, 0.15) is 0 Å². The van der Waals surface area contributed by atoms with Gasteiger partial charge in [-0.3, -0.25) is 14.9 Å². The number of carboxylic acids is 1. The Bertz CT molecular complexity index is 637. The number of fused-ring (bicyclic) bond motifs is 1. The number of hydrogen-bond donors (Lipinski definition) is 1. The Balaban J connectivity index is 0.000000205. The molecule has 0 radical (unpaired) electrons. The van der Waals surface area contributed by atoms with E-state index >= 15 is 0 Å². The second kappa shape index (κ2) is 8.21. The molecule has 100 valence electrons. The van der Waals surface area contributed by atoms with Gasteiger partial charge in [-0.05, 0) is 17.7 Å². The predicted molar refractivity (Wildman–Crippen MR) is 69.0 cm³/mol. The Hall–Kier alpha value is -1.31. The van der Waals surface area contributed by atoms with Gasteiger partial charge in [-0.1, -0.05) is 42.5 Å². The monoisotopic (exact) mass is 307 g/mol. The van der Waals surface area contributed by atoms with Crippen LogP contribution in [0.3, 0.4) is 0 Å². The molecule has 0 spiro atoms. The van der Waals surface area contributed by atoms with E-state index in [-0.39, 0.29) is 68.8 Å². The van der Waals surface area contributed by atoms with Crippen LogP contribution in [0, 0.1) is 0 Å². The molecule has 2 amide bonds. The molecule has 3 rings (SSSR count). The molecular weight excluding hydrogens is 297 g/mol. The van der Waals surface area contributed by atoms with E-state index in [1.165, 1.54) is 12.1 Å². The zero-order valence-corrected chi connectivity index (χ0v) is 14.5. The van der Waals surface area contributed by atoms with Crippen LogP contribution < -0.4 is 61.8 Å². The minimum absolute atomic E-state index is 0. The van der Waals surface area contributed by atoms with Gasteiger partial charge in [-0.25, -0.2) is 0 Å². The summed E-state index contributed by atoms with van der Waals surface area (Å²) in [5, 5.41) is 12.3. The second-order valence-electron chi connectivity index (χ2n) is 3.98. The number of imide groups is 1. The van der Waals surface area contributed by atoms with Crippen LogP contribution in [0.15, 0.2) is 54.6 Å². The number of nitrogens with one attached hydrogen (secondary N) is 1. The van der Waals surface area contributed by atoms with Crippen molar-refractivity contribution >= 4 is 17.8 Å². The molecule has 2 aromatic carbocycles. The molecule has 0 atom stereocenters. The van der Waals surface area contributed by atoms with Crippen LogP contribution in [0.5, 0.6) is 0 Å². The molecule has 2 aromatic rings. The van der Waals surface area contributed by atoms with Crippen LogP contribution in [0.25, 0.3) is 0 Å².